The average molecular weight is 471 g/mol. The Morgan fingerprint density at radius 3 is 2.63 bits per heavy atom. The molecule has 8 heteroatoms. The molecule has 0 atom stereocenters. The second-order valence-electron chi connectivity index (χ2n) is 9.41. The number of aromatic amines is 1. The minimum absolute atomic E-state index is 0.162. The van der Waals surface area contributed by atoms with Gasteiger partial charge >= 0.3 is 0 Å². The molecule has 1 aliphatic heterocycles. The zero-order valence-electron chi connectivity index (χ0n) is 20.3. The summed E-state index contributed by atoms with van der Waals surface area (Å²) in [5.41, 5.74) is 12.5. The molecule has 0 spiro atoms. The molecule has 5 rings (SSSR count). The van der Waals surface area contributed by atoms with Gasteiger partial charge in [-0.05, 0) is 69.1 Å². The van der Waals surface area contributed by atoms with Gasteiger partial charge in [0.25, 0.3) is 5.56 Å². The van der Waals surface area contributed by atoms with Gasteiger partial charge in [0.1, 0.15) is 17.3 Å². The average Bonchev–Trinajstić information content (AvgIpc) is 2.84. The van der Waals surface area contributed by atoms with E-state index in [1.54, 1.807) is 19.2 Å². The van der Waals surface area contributed by atoms with E-state index in [2.05, 4.69) is 52.1 Å². The van der Waals surface area contributed by atoms with E-state index in [-0.39, 0.29) is 5.56 Å². The highest BCUT2D eigenvalue weighted by Gasteiger charge is 2.20. The van der Waals surface area contributed by atoms with Crippen molar-refractivity contribution in [2.45, 2.75) is 32.2 Å². The Kier molecular flexibility index (Phi) is 6.32. The van der Waals surface area contributed by atoms with Crippen LogP contribution < -0.4 is 11.3 Å². The van der Waals surface area contributed by atoms with Gasteiger partial charge < -0.3 is 20.4 Å². The number of benzene rings is 2. The zero-order chi connectivity index (χ0) is 24.5. The number of rotatable bonds is 5. The lowest BCUT2D eigenvalue weighted by atomic mass is 9.87. The van der Waals surface area contributed by atoms with Crippen molar-refractivity contribution < 1.29 is 4.74 Å². The molecule has 0 unspecified atom stereocenters. The lowest BCUT2D eigenvalue weighted by Gasteiger charge is -2.26. The van der Waals surface area contributed by atoms with Crippen LogP contribution in [0.5, 0.6) is 0 Å². The quantitative estimate of drug-likeness (QED) is 0.455. The van der Waals surface area contributed by atoms with Gasteiger partial charge in [-0.2, -0.15) is 0 Å². The van der Waals surface area contributed by atoms with Crippen molar-refractivity contribution in [1.29, 1.82) is 0 Å². The molecule has 180 valence electrons. The summed E-state index contributed by atoms with van der Waals surface area (Å²) in [6.45, 7) is 4.23. The van der Waals surface area contributed by atoms with Crippen LogP contribution in [0.25, 0.3) is 33.4 Å². The Morgan fingerprint density at radius 1 is 1.09 bits per heavy atom. The number of nitrogens with zero attached hydrogens (tertiary/aromatic N) is 4. The van der Waals surface area contributed by atoms with E-state index in [1.807, 2.05) is 12.1 Å². The Balaban J connectivity index is 1.56. The normalized spacial score (nSPS) is 14.6. The predicted molar refractivity (Wildman–Crippen MR) is 138 cm³/mol. The van der Waals surface area contributed by atoms with Crippen molar-refractivity contribution in [3.05, 3.63) is 69.9 Å². The lowest BCUT2D eigenvalue weighted by molar-refractivity contribution is 0.0850. The number of nitrogen functional groups attached to an aromatic ring is 1. The minimum atomic E-state index is -0.162. The van der Waals surface area contributed by atoms with Gasteiger partial charge in [0.15, 0.2) is 0 Å². The molecule has 0 saturated carbocycles. The summed E-state index contributed by atoms with van der Waals surface area (Å²) in [7, 11) is 4.17. The van der Waals surface area contributed by atoms with Gasteiger partial charge in [0.2, 0.25) is 0 Å². The summed E-state index contributed by atoms with van der Waals surface area (Å²) in [6, 6.07) is 12.0. The van der Waals surface area contributed by atoms with Crippen LogP contribution in [-0.4, -0.2) is 52.1 Å². The number of H-pyrrole nitrogens is 1. The third kappa shape index (κ3) is 4.80. The van der Waals surface area contributed by atoms with E-state index in [1.165, 1.54) is 11.1 Å². The van der Waals surface area contributed by atoms with Gasteiger partial charge in [-0.1, -0.05) is 18.2 Å². The molecule has 0 aliphatic carbocycles. The lowest BCUT2D eigenvalue weighted by Crippen LogP contribution is -2.18. The fourth-order valence-electron chi connectivity index (χ4n) is 4.80. The molecule has 0 radical (unpaired) electrons. The van der Waals surface area contributed by atoms with Crippen LogP contribution in [0.1, 0.15) is 35.7 Å². The Morgan fingerprint density at radius 2 is 1.86 bits per heavy atom. The summed E-state index contributed by atoms with van der Waals surface area (Å²) in [4.78, 5) is 31.0. The third-order valence-corrected chi connectivity index (χ3v) is 6.49. The maximum Gasteiger partial charge on any atom is 0.258 e. The number of anilines is 1. The van der Waals surface area contributed by atoms with E-state index < -0.39 is 0 Å². The standard InChI is InChI=1S/C27H30N6O2/c1-16-30-23-13-19(5-7-22(23)27(34)31-16)25-26(28)29-14-24(32-25)18-4-6-21(17-8-10-35-11-9-17)20(12-18)15-33(2)3/h4-7,12-14,17H,8-11,15H2,1-3H3,(H2,28,29)(H,30,31,34). The first-order chi connectivity index (χ1) is 16.9. The highest BCUT2D eigenvalue weighted by atomic mass is 16.5. The second kappa shape index (κ2) is 9.56. The topological polar surface area (TPSA) is 110 Å². The van der Waals surface area contributed by atoms with Crippen molar-refractivity contribution in [3.63, 3.8) is 0 Å². The van der Waals surface area contributed by atoms with Crippen molar-refractivity contribution in [2.75, 3.05) is 33.0 Å². The van der Waals surface area contributed by atoms with Crippen LogP contribution in [-0.2, 0) is 11.3 Å². The van der Waals surface area contributed by atoms with Crippen LogP contribution in [0.3, 0.4) is 0 Å². The summed E-state index contributed by atoms with van der Waals surface area (Å²) in [5, 5.41) is 0.527. The molecular formula is C27H30N6O2. The highest BCUT2D eigenvalue weighted by Crippen LogP contribution is 2.33. The Bertz CT molecular complexity index is 1440. The van der Waals surface area contributed by atoms with Crippen LogP contribution in [0.4, 0.5) is 5.82 Å². The van der Waals surface area contributed by atoms with E-state index >= 15 is 0 Å². The van der Waals surface area contributed by atoms with Gasteiger partial charge in [0.05, 0.1) is 22.8 Å². The summed E-state index contributed by atoms with van der Waals surface area (Å²) in [6.07, 6.45) is 3.81. The Hall–Kier alpha value is -3.62. The number of hydrogen-bond donors (Lipinski definition) is 2. The number of nitrogens with two attached hydrogens (primary N) is 1. The van der Waals surface area contributed by atoms with Crippen LogP contribution >= 0.6 is 0 Å². The number of fused-ring (bicyclic) bond motifs is 1. The number of nitrogens with one attached hydrogen (secondary N) is 1. The number of aromatic nitrogens is 4. The highest BCUT2D eigenvalue weighted by molar-refractivity contribution is 5.85. The van der Waals surface area contributed by atoms with E-state index in [0.29, 0.717) is 34.2 Å². The fourth-order valence-corrected chi connectivity index (χ4v) is 4.80. The van der Waals surface area contributed by atoms with Gasteiger partial charge in [0, 0.05) is 30.9 Å². The first-order valence-corrected chi connectivity index (χ1v) is 11.9. The predicted octanol–water partition coefficient (Wildman–Crippen LogP) is 3.89. The van der Waals surface area contributed by atoms with Crippen LogP contribution in [0, 0.1) is 6.92 Å². The van der Waals surface area contributed by atoms with Crippen LogP contribution in [0.15, 0.2) is 47.4 Å². The van der Waals surface area contributed by atoms with E-state index in [0.717, 1.165) is 49.4 Å². The molecule has 1 fully saturated rings. The Labute approximate surface area is 204 Å². The summed E-state index contributed by atoms with van der Waals surface area (Å²) >= 11 is 0. The molecule has 8 nitrogen and oxygen atoms in total. The first-order valence-electron chi connectivity index (χ1n) is 11.9. The number of hydrogen-bond acceptors (Lipinski definition) is 7. The van der Waals surface area contributed by atoms with Crippen molar-refractivity contribution in [1.82, 2.24) is 24.8 Å². The SMILES string of the molecule is Cc1nc2cc(-c3nc(-c4ccc(C5CCOCC5)c(CN(C)C)c4)cnc3N)ccc2c(=O)[nH]1. The number of aryl methyl sites for hydroxylation is 1. The summed E-state index contributed by atoms with van der Waals surface area (Å²) < 4.78 is 5.58. The maximum absolute atomic E-state index is 12.2. The smallest absolute Gasteiger partial charge is 0.258 e. The van der Waals surface area contributed by atoms with Gasteiger partial charge in [-0.3, -0.25) is 4.79 Å². The third-order valence-electron chi connectivity index (χ3n) is 6.49. The fraction of sp³-hybridized carbons (Fsp3) is 0.333. The molecule has 3 heterocycles. The molecule has 2 aromatic carbocycles. The second-order valence-corrected chi connectivity index (χ2v) is 9.41. The van der Waals surface area contributed by atoms with Crippen LogP contribution in [0.2, 0.25) is 0 Å². The molecule has 0 amide bonds. The molecule has 1 saturated heterocycles. The van der Waals surface area contributed by atoms with E-state index in [4.69, 9.17) is 15.5 Å². The van der Waals surface area contributed by atoms with Crippen molar-refractivity contribution in [2.24, 2.45) is 0 Å². The van der Waals surface area contributed by atoms with Crippen molar-refractivity contribution >= 4 is 16.7 Å². The first kappa shape index (κ1) is 23.1. The minimum Gasteiger partial charge on any atom is -0.382 e. The maximum atomic E-state index is 12.2. The van der Waals surface area contributed by atoms with Gasteiger partial charge in [-0.25, -0.2) is 15.0 Å². The molecule has 3 N–H and O–H groups in total. The molecule has 1 aliphatic rings. The molecule has 0 bridgehead atoms. The monoisotopic (exact) mass is 470 g/mol. The molecule has 35 heavy (non-hydrogen) atoms. The van der Waals surface area contributed by atoms with Crippen molar-refractivity contribution in [3.8, 4) is 22.5 Å². The molecule has 4 aromatic rings. The van der Waals surface area contributed by atoms with Gasteiger partial charge in [-0.15, -0.1) is 0 Å². The molecule has 2 aromatic heterocycles. The number of ether oxygens (including phenoxy) is 1. The molecular weight excluding hydrogens is 440 g/mol. The largest absolute Gasteiger partial charge is 0.382 e. The zero-order valence-corrected chi connectivity index (χ0v) is 20.3. The van der Waals surface area contributed by atoms with E-state index in [9.17, 15) is 4.79 Å². The summed E-state index contributed by atoms with van der Waals surface area (Å²) in [5.74, 6) is 1.41.